The van der Waals surface area contributed by atoms with Crippen LogP contribution in [0, 0.1) is 11.8 Å². The molecule has 0 aromatic heterocycles. The van der Waals surface area contributed by atoms with Gasteiger partial charge in [0.15, 0.2) is 12.2 Å². The van der Waals surface area contributed by atoms with E-state index in [0.717, 1.165) is 108 Å². The summed E-state index contributed by atoms with van der Waals surface area (Å²) in [6.45, 7) is 9.37. The van der Waals surface area contributed by atoms with Crippen molar-refractivity contribution < 1.29 is 80.2 Å². The maximum absolute atomic E-state index is 13.0. The smallest absolute Gasteiger partial charge is 0.462 e. The molecule has 498 valence electrons. The van der Waals surface area contributed by atoms with Crippen molar-refractivity contribution in [1.82, 2.24) is 0 Å². The average Bonchev–Trinajstić information content (AvgIpc) is 3.62. The molecule has 84 heavy (non-hydrogen) atoms. The normalized spacial score (nSPS) is 14.9. The van der Waals surface area contributed by atoms with E-state index >= 15 is 0 Å². The molecule has 0 bridgehead atoms. The van der Waals surface area contributed by atoms with Crippen LogP contribution in [0.25, 0.3) is 0 Å². The lowest BCUT2D eigenvalue weighted by molar-refractivity contribution is -0.161. The number of carbonyl (C=O) groups excluding carboxylic acids is 4. The van der Waals surface area contributed by atoms with Crippen molar-refractivity contribution in [3.63, 3.8) is 0 Å². The Labute approximate surface area is 511 Å². The van der Waals surface area contributed by atoms with Crippen molar-refractivity contribution in [2.45, 2.75) is 342 Å². The zero-order valence-electron chi connectivity index (χ0n) is 54.2. The number of esters is 4. The Kier molecular flexibility index (Phi) is 56.2. The van der Waals surface area contributed by atoms with Crippen molar-refractivity contribution >= 4 is 39.5 Å². The fourth-order valence-electron chi connectivity index (χ4n) is 9.64. The molecule has 0 saturated carbocycles. The molecule has 0 aromatic carbocycles. The summed E-state index contributed by atoms with van der Waals surface area (Å²) < 4.78 is 67.8. The number of phosphoric ester groups is 2. The topological polar surface area (TPSA) is 237 Å². The van der Waals surface area contributed by atoms with Crippen molar-refractivity contribution in [3.05, 3.63) is 0 Å². The number of aliphatic hydroxyl groups is 1. The van der Waals surface area contributed by atoms with Gasteiger partial charge in [0.25, 0.3) is 0 Å². The van der Waals surface area contributed by atoms with Gasteiger partial charge in [-0.05, 0) is 37.5 Å². The number of ether oxygens (including phenoxy) is 4. The Bertz CT molecular complexity index is 1650. The summed E-state index contributed by atoms with van der Waals surface area (Å²) in [4.78, 5) is 72.0. The molecule has 19 heteroatoms. The Morgan fingerprint density at radius 1 is 0.333 bits per heavy atom. The van der Waals surface area contributed by atoms with Crippen LogP contribution in [0.4, 0.5) is 0 Å². The first-order valence-electron chi connectivity index (χ1n) is 34.1. The van der Waals surface area contributed by atoms with Crippen LogP contribution in [0.1, 0.15) is 324 Å². The van der Waals surface area contributed by atoms with E-state index < -0.39 is 97.5 Å². The Hall–Kier alpha value is -1.94. The van der Waals surface area contributed by atoms with E-state index in [1.807, 2.05) is 0 Å². The third kappa shape index (κ3) is 56.6. The average molecular weight is 1240 g/mol. The van der Waals surface area contributed by atoms with E-state index in [1.165, 1.54) is 135 Å². The summed E-state index contributed by atoms with van der Waals surface area (Å²) >= 11 is 0. The summed E-state index contributed by atoms with van der Waals surface area (Å²) in [6, 6.07) is 0. The first kappa shape index (κ1) is 82.1. The number of aliphatic hydroxyl groups excluding tert-OH is 1. The van der Waals surface area contributed by atoms with Gasteiger partial charge in [0, 0.05) is 25.7 Å². The molecule has 0 amide bonds. The molecule has 0 saturated heterocycles. The van der Waals surface area contributed by atoms with E-state index in [1.54, 1.807) is 0 Å². The van der Waals surface area contributed by atoms with E-state index in [2.05, 4.69) is 41.5 Å². The molecule has 0 spiro atoms. The van der Waals surface area contributed by atoms with Gasteiger partial charge in [-0.1, -0.05) is 273 Å². The summed E-state index contributed by atoms with van der Waals surface area (Å²) in [5.41, 5.74) is 0. The molecule has 0 aliphatic carbocycles. The number of rotatable bonds is 64. The fraction of sp³-hybridized carbons (Fsp3) is 0.938. The molecule has 4 unspecified atom stereocenters. The minimum Gasteiger partial charge on any atom is -0.462 e. The molecule has 0 aliphatic rings. The van der Waals surface area contributed by atoms with Gasteiger partial charge < -0.3 is 33.8 Å². The highest BCUT2D eigenvalue weighted by atomic mass is 31.2. The van der Waals surface area contributed by atoms with Crippen LogP contribution in [0.2, 0.25) is 0 Å². The third-order valence-electron chi connectivity index (χ3n) is 15.7. The molecule has 0 fully saturated rings. The largest absolute Gasteiger partial charge is 0.472 e. The number of phosphoric acid groups is 2. The molecule has 0 heterocycles. The second-order valence-corrected chi connectivity index (χ2v) is 26.9. The molecular weight excluding hydrogens is 1110 g/mol. The zero-order valence-corrected chi connectivity index (χ0v) is 56.0. The number of hydrogen-bond donors (Lipinski definition) is 3. The fourth-order valence-corrected chi connectivity index (χ4v) is 11.2. The minimum absolute atomic E-state index is 0.102. The summed E-state index contributed by atoms with van der Waals surface area (Å²) in [5.74, 6) is -0.647. The van der Waals surface area contributed by atoms with Gasteiger partial charge in [-0.3, -0.25) is 37.3 Å². The first-order valence-corrected chi connectivity index (χ1v) is 37.1. The van der Waals surface area contributed by atoms with E-state index in [9.17, 15) is 43.2 Å². The molecule has 0 aromatic rings. The maximum atomic E-state index is 13.0. The van der Waals surface area contributed by atoms with Crippen molar-refractivity contribution in [2.75, 3.05) is 39.6 Å². The predicted octanol–water partition coefficient (Wildman–Crippen LogP) is 18.0. The maximum Gasteiger partial charge on any atom is 0.472 e. The minimum atomic E-state index is -4.95. The van der Waals surface area contributed by atoms with Gasteiger partial charge in [0.05, 0.1) is 26.4 Å². The second-order valence-electron chi connectivity index (χ2n) is 24.0. The highest BCUT2D eigenvalue weighted by Crippen LogP contribution is 2.45. The van der Waals surface area contributed by atoms with Gasteiger partial charge in [-0.25, -0.2) is 9.13 Å². The number of carbonyl (C=O) groups is 4. The lowest BCUT2D eigenvalue weighted by Gasteiger charge is -2.21. The van der Waals surface area contributed by atoms with E-state index in [4.69, 9.17) is 37.0 Å². The van der Waals surface area contributed by atoms with Crippen LogP contribution < -0.4 is 0 Å². The van der Waals surface area contributed by atoms with Crippen LogP contribution in [0.3, 0.4) is 0 Å². The van der Waals surface area contributed by atoms with Gasteiger partial charge >= 0.3 is 39.5 Å². The van der Waals surface area contributed by atoms with Crippen LogP contribution in [0.15, 0.2) is 0 Å². The van der Waals surface area contributed by atoms with Crippen LogP contribution in [-0.2, 0) is 65.4 Å². The molecule has 3 N–H and O–H groups in total. The second kappa shape index (κ2) is 57.5. The monoisotopic (exact) mass is 1240 g/mol. The molecule has 0 aliphatic heterocycles. The predicted molar refractivity (Wildman–Crippen MR) is 335 cm³/mol. The zero-order chi connectivity index (χ0) is 62.2. The van der Waals surface area contributed by atoms with Crippen LogP contribution in [-0.4, -0.2) is 96.7 Å². The van der Waals surface area contributed by atoms with Crippen molar-refractivity contribution in [1.29, 1.82) is 0 Å². The van der Waals surface area contributed by atoms with Crippen LogP contribution >= 0.6 is 15.6 Å². The lowest BCUT2D eigenvalue weighted by atomic mass is 9.99. The van der Waals surface area contributed by atoms with E-state index in [0.29, 0.717) is 25.7 Å². The SMILES string of the molecule is CCCCCCCCCCCCCCCCCCCC(=O)O[C@H](COC(=O)CCCCCCCCCCC(C)CC)COP(=O)(O)OC[C@@H](O)COP(=O)(O)OC[C@@H](COC(=O)CCCCCCC)OC(=O)CCCCCCCCC(C)CC. The summed E-state index contributed by atoms with van der Waals surface area (Å²) in [5, 5.41) is 10.5. The quantitative estimate of drug-likeness (QED) is 0.0222. The van der Waals surface area contributed by atoms with Gasteiger partial charge in [0.2, 0.25) is 0 Å². The molecule has 0 rings (SSSR count). The van der Waals surface area contributed by atoms with Gasteiger partial charge in [-0.15, -0.1) is 0 Å². The third-order valence-corrected chi connectivity index (χ3v) is 17.6. The number of unbranched alkanes of at least 4 members (excludes halogenated alkanes) is 32. The first-order chi connectivity index (χ1) is 40.4. The van der Waals surface area contributed by atoms with Gasteiger partial charge in [0.1, 0.15) is 19.3 Å². The standard InChI is InChI=1S/C65H126O17P2/c1-7-11-13-15-16-17-18-19-20-21-22-23-24-25-30-37-43-49-64(69)81-61(54-76-63(68)48-42-36-29-27-26-28-34-39-45-57(5)9-3)56-80-84(73,74)78-52-59(66)51-77-83(71,72)79-55-60(53-75-62(67)47-41-33-14-12-8-2)82-65(70)50-44-38-32-31-35-40-46-58(6)10-4/h57-61,66H,7-56H2,1-6H3,(H,71,72)(H,73,74)/t57?,58?,59-,60+,61+/m0/s1. The van der Waals surface area contributed by atoms with E-state index in [-0.39, 0.29) is 25.7 Å². The number of hydrogen-bond acceptors (Lipinski definition) is 15. The van der Waals surface area contributed by atoms with Crippen molar-refractivity contribution in [2.24, 2.45) is 11.8 Å². The summed E-state index contributed by atoms with van der Waals surface area (Å²) in [7, 11) is -9.88. The highest BCUT2D eigenvalue weighted by Gasteiger charge is 2.30. The van der Waals surface area contributed by atoms with Crippen LogP contribution in [0.5, 0.6) is 0 Å². The summed E-state index contributed by atoms with van der Waals surface area (Å²) in [6.07, 6.45) is 40.7. The molecular formula is C65H126O17P2. The molecule has 7 atom stereocenters. The van der Waals surface area contributed by atoms with Gasteiger partial charge in [-0.2, -0.15) is 0 Å². The lowest BCUT2D eigenvalue weighted by Crippen LogP contribution is -2.30. The molecule has 17 nitrogen and oxygen atoms in total. The Morgan fingerprint density at radius 2 is 0.571 bits per heavy atom. The Morgan fingerprint density at radius 3 is 0.845 bits per heavy atom. The Balaban J connectivity index is 5.17. The highest BCUT2D eigenvalue weighted by molar-refractivity contribution is 7.47. The van der Waals surface area contributed by atoms with Crippen molar-refractivity contribution in [3.8, 4) is 0 Å². The molecule has 0 radical (unpaired) electrons.